The molecule has 6 nitrogen and oxygen atoms in total. The van der Waals surface area contributed by atoms with Gasteiger partial charge in [0.1, 0.15) is 5.69 Å². The third-order valence-corrected chi connectivity index (χ3v) is 6.21. The molecule has 0 bridgehead atoms. The molecular formula is C23H32N4O2S. The summed E-state index contributed by atoms with van der Waals surface area (Å²) in [4.78, 5) is 32.2. The first-order valence-electron chi connectivity index (χ1n) is 10.9. The molecule has 0 aliphatic carbocycles. The molecule has 1 unspecified atom stereocenters. The molecular weight excluding hydrogens is 396 g/mol. The Morgan fingerprint density at radius 3 is 2.73 bits per heavy atom. The molecule has 1 aliphatic heterocycles. The Balaban J connectivity index is 1.67. The molecule has 30 heavy (non-hydrogen) atoms. The van der Waals surface area contributed by atoms with E-state index in [0.717, 1.165) is 43.1 Å². The van der Waals surface area contributed by atoms with Crippen LogP contribution in [0, 0.1) is 5.92 Å². The average molecular weight is 429 g/mol. The van der Waals surface area contributed by atoms with Crippen LogP contribution in [0.5, 0.6) is 0 Å². The number of rotatable bonds is 9. The summed E-state index contributed by atoms with van der Waals surface area (Å²) in [5, 5.41) is 3.84. The largest absolute Gasteiger partial charge is 0.356 e. The van der Waals surface area contributed by atoms with Gasteiger partial charge in [-0.1, -0.05) is 56.1 Å². The van der Waals surface area contributed by atoms with Crippen molar-refractivity contribution < 1.29 is 9.59 Å². The van der Waals surface area contributed by atoms with Gasteiger partial charge in [-0.25, -0.2) is 4.98 Å². The zero-order valence-corrected chi connectivity index (χ0v) is 18.8. The van der Waals surface area contributed by atoms with Crippen molar-refractivity contribution in [1.29, 1.82) is 0 Å². The van der Waals surface area contributed by atoms with E-state index in [2.05, 4.69) is 17.2 Å². The van der Waals surface area contributed by atoms with E-state index >= 15 is 0 Å². The fourth-order valence-corrected chi connectivity index (χ4v) is 4.45. The number of nitrogens with one attached hydrogen (secondary N) is 1. The zero-order valence-electron chi connectivity index (χ0n) is 18.0. The number of amides is 2. The van der Waals surface area contributed by atoms with Crippen molar-refractivity contribution in [1.82, 2.24) is 19.8 Å². The molecule has 3 rings (SSSR count). The van der Waals surface area contributed by atoms with Crippen LogP contribution in [0.25, 0.3) is 5.69 Å². The zero-order chi connectivity index (χ0) is 21.3. The molecule has 0 saturated carbocycles. The summed E-state index contributed by atoms with van der Waals surface area (Å²) in [6.45, 7) is 4.04. The fraction of sp³-hybridized carbons (Fsp3) is 0.522. The first-order valence-corrected chi connectivity index (χ1v) is 12.1. The summed E-state index contributed by atoms with van der Waals surface area (Å²) in [5.74, 6) is -0.126. The lowest BCUT2D eigenvalue weighted by molar-refractivity contribution is -0.126. The molecule has 1 atom stereocenters. The van der Waals surface area contributed by atoms with E-state index < -0.39 is 0 Å². The molecule has 1 aliphatic rings. The van der Waals surface area contributed by atoms with Gasteiger partial charge in [-0.05, 0) is 37.7 Å². The molecule has 2 amide bonds. The minimum absolute atomic E-state index is 0.0629. The molecule has 0 spiro atoms. The quantitative estimate of drug-likeness (QED) is 0.481. The second kappa shape index (κ2) is 11.2. The van der Waals surface area contributed by atoms with Gasteiger partial charge < -0.3 is 10.2 Å². The highest BCUT2D eigenvalue weighted by molar-refractivity contribution is 7.98. The van der Waals surface area contributed by atoms with Crippen LogP contribution in [-0.4, -0.2) is 52.2 Å². The topological polar surface area (TPSA) is 67.2 Å². The summed E-state index contributed by atoms with van der Waals surface area (Å²) >= 11 is 1.51. The SMILES string of the molecule is CCCCCCNC(=O)C1CCCN(C(=O)c2cnc(SC)n2-c2ccccc2)C1. The smallest absolute Gasteiger partial charge is 0.272 e. The van der Waals surface area contributed by atoms with Gasteiger partial charge in [-0.3, -0.25) is 14.2 Å². The Bertz CT molecular complexity index is 837. The first-order chi connectivity index (χ1) is 14.7. The molecule has 1 fully saturated rings. The van der Waals surface area contributed by atoms with Crippen molar-refractivity contribution in [2.45, 2.75) is 50.6 Å². The summed E-state index contributed by atoms with van der Waals surface area (Å²) in [5.41, 5.74) is 1.47. The van der Waals surface area contributed by atoms with Crippen LogP contribution in [0.4, 0.5) is 0 Å². The Labute approximate surface area is 183 Å². The van der Waals surface area contributed by atoms with Crippen LogP contribution in [-0.2, 0) is 4.79 Å². The molecule has 1 saturated heterocycles. The number of carbonyl (C=O) groups excluding carboxylic acids is 2. The van der Waals surface area contributed by atoms with Gasteiger partial charge in [0, 0.05) is 25.3 Å². The molecule has 1 aromatic carbocycles. The van der Waals surface area contributed by atoms with E-state index in [-0.39, 0.29) is 17.7 Å². The number of piperidine rings is 1. The van der Waals surface area contributed by atoms with E-state index in [1.54, 1.807) is 6.20 Å². The van der Waals surface area contributed by atoms with E-state index in [0.29, 0.717) is 18.8 Å². The van der Waals surface area contributed by atoms with E-state index in [1.807, 2.05) is 46.1 Å². The fourth-order valence-electron chi connectivity index (χ4n) is 3.90. The number of para-hydroxylation sites is 1. The van der Waals surface area contributed by atoms with Crippen LogP contribution >= 0.6 is 11.8 Å². The highest BCUT2D eigenvalue weighted by Crippen LogP contribution is 2.25. The Morgan fingerprint density at radius 1 is 1.20 bits per heavy atom. The lowest BCUT2D eigenvalue weighted by Gasteiger charge is -2.32. The van der Waals surface area contributed by atoms with Gasteiger partial charge in [0.25, 0.3) is 5.91 Å². The van der Waals surface area contributed by atoms with Gasteiger partial charge in [-0.2, -0.15) is 0 Å². The third kappa shape index (κ3) is 5.45. The Morgan fingerprint density at radius 2 is 2.00 bits per heavy atom. The molecule has 2 heterocycles. The lowest BCUT2D eigenvalue weighted by Crippen LogP contribution is -2.46. The Hall–Kier alpha value is -2.28. The number of benzene rings is 1. The van der Waals surface area contributed by atoms with Gasteiger partial charge in [-0.15, -0.1) is 0 Å². The summed E-state index contributed by atoms with van der Waals surface area (Å²) in [6.07, 6.45) is 9.83. The maximum atomic E-state index is 13.3. The van der Waals surface area contributed by atoms with Gasteiger partial charge in [0.05, 0.1) is 12.1 Å². The monoisotopic (exact) mass is 428 g/mol. The van der Waals surface area contributed by atoms with Gasteiger partial charge >= 0.3 is 0 Å². The maximum absolute atomic E-state index is 13.3. The number of likely N-dealkylation sites (tertiary alicyclic amines) is 1. The van der Waals surface area contributed by atoms with Crippen LogP contribution in [0.3, 0.4) is 0 Å². The summed E-state index contributed by atoms with van der Waals surface area (Å²) < 4.78 is 1.91. The third-order valence-electron chi connectivity index (χ3n) is 5.55. The van der Waals surface area contributed by atoms with E-state index in [9.17, 15) is 9.59 Å². The minimum atomic E-state index is -0.137. The highest BCUT2D eigenvalue weighted by atomic mass is 32.2. The van der Waals surface area contributed by atoms with Crippen molar-refractivity contribution in [2.75, 3.05) is 25.9 Å². The second-order valence-corrected chi connectivity index (χ2v) is 8.52. The predicted octanol–water partition coefficient (Wildman–Crippen LogP) is 4.14. The number of thioether (sulfide) groups is 1. The average Bonchev–Trinajstić information content (AvgIpc) is 3.23. The molecule has 1 aromatic heterocycles. The normalized spacial score (nSPS) is 16.5. The van der Waals surface area contributed by atoms with Gasteiger partial charge in [0.15, 0.2) is 5.16 Å². The molecule has 0 radical (unpaired) electrons. The van der Waals surface area contributed by atoms with Crippen LogP contribution < -0.4 is 5.32 Å². The van der Waals surface area contributed by atoms with E-state index in [4.69, 9.17) is 0 Å². The van der Waals surface area contributed by atoms with Crippen molar-refractivity contribution in [3.8, 4) is 5.69 Å². The maximum Gasteiger partial charge on any atom is 0.272 e. The van der Waals surface area contributed by atoms with Crippen molar-refractivity contribution in [3.05, 3.63) is 42.2 Å². The summed E-state index contributed by atoms with van der Waals surface area (Å²) in [6, 6.07) is 9.81. The molecule has 1 N–H and O–H groups in total. The molecule has 2 aromatic rings. The number of hydrogen-bond acceptors (Lipinski definition) is 4. The van der Waals surface area contributed by atoms with Crippen LogP contribution in [0.1, 0.15) is 55.9 Å². The van der Waals surface area contributed by atoms with Crippen LogP contribution in [0.15, 0.2) is 41.7 Å². The van der Waals surface area contributed by atoms with Crippen LogP contribution in [0.2, 0.25) is 0 Å². The number of unbranched alkanes of at least 4 members (excludes halogenated alkanes) is 3. The second-order valence-electron chi connectivity index (χ2n) is 7.74. The van der Waals surface area contributed by atoms with Gasteiger partial charge in [0.2, 0.25) is 5.91 Å². The summed E-state index contributed by atoms with van der Waals surface area (Å²) in [7, 11) is 0. The molecule has 7 heteroatoms. The number of aromatic nitrogens is 2. The predicted molar refractivity (Wildman–Crippen MR) is 121 cm³/mol. The van der Waals surface area contributed by atoms with Crippen molar-refractivity contribution >= 4 is 23.6 Å². The highest BCUT2D eigenvalue weighted by Gasteiger charge is 2.30. The number of hydrogen-bond donors (Lipinski definition) is 1. The standard InChI is InChI=1S/C23H32N4O2S/c1-3-4-5-9-14-24-21(28)18-11-10-15-26(17-18)22(29)20-16-25-23(30-2)27(20)19-12-7-6-8-13-19/h6-8,12-13,16,18H,3-5,9-11,14-15,17H2,1-2H3,(H,24,28). The molecule has 162 valence electrons. The van der Waals surface area contributed by atoms with Crippen molar-refractivity contribution in [3.63, 3.8) is 0 Å². The van der Waals surface area contributed by atoms with Crippen molar-refractivity contribution in [2.24, 2.45) is 5.92 Å². The first kappa shape index (κ1) is 22.4. The lowest BCUT2D eigenvalue weighted by atomic mass is 9.96. The Kier molecular flexibility index (Phi) is 8.37. The number of imidazole rings is 1. The van der Waals surface area contributed by atoms with E-state index in [1.165, 1.54) is 24.6 Å². The minimum Gasteiger partial charge on any atom is -0.356 e. The number of nitrogens with zero attached hydrogens (tertiary/aromatic N) is 3. The number of carbonyl (C=O) groups is 2.